The van der Waals surface area contributed by atoms with Crippen LogP contribution in [-0.2, 0) is 16.6 Å². The lowest BCUT2D eigenvalue weighted by molar-refractivity contribution is 0.0984. The Morgan fingerprint density at radius 3 is 2.38 bits per heavy atom. The van der Waals surface area contributed by atoms with Crippen LogP contribution >= 0.6 is 34.5 Å². The van der Waals surface area contributed by atoms with Gasteiger partial charge in [-0.2, -0.15) is 0 Å². The molecule has 2 aromatic heterocycles. The van der Waals surface area contributed by atoms with Crippen LogP contribution in [0.2, 0.25) is 10.0 Å². The third-order valence-electron chi connectivity index (χ3n) is 6.25. The van der Waals surface area contributed by atoms with E-state index in [1.807, 2.05) is 39.0 Å². The average Bonchev–Trinajstić information content (AvgIpc) is 3.50. The molecule has 0 unspecified atom stereocenters. The largest absolute Gasteiger partial charge is 0.489 e. The van der Waals surface area contributed by atoms with Crippen LogP contribution in [0.15, 0.2) is 53.1 Å². The standard InChI is InChI=1S/C29H30Cl2N2O5S2/c1-16(2)27-20(26(32-38-27)25-21(30)8-7-9-22(25)31)15-37-18-10-11-19(17(3)14-18)23-12-13-24(39-23)28(34)33-40(35,36)29(4,5)6/h7-14,16H,15H2,1-6H3,(H,33,34). The van der Waals surface area contributed by atoms with E-state index >= 15 is 0 Å². The summed E-state index contributed by atoms with van der Waals surface area (Å²) in [7, 11) is -3.81. The highest BCUT2D eigenvalue weighted by Gasteiger charge is 2.31. The fourth-order valence-corrected chi connectivity index (χ4v) is 6.22. The van der Waals surface area contributed by atoms with Gasteiger partial charge in [0.15, 0.2) is 0 Å². The van der Waals surface area contributed by atoms with Crippen LogP contribution in [0.3, 0.4) is 0 Å². The van der Waals surface area contributed by atoms with Crippen molar-refractivity contribution in [1.82, 2.24) is 9.88 Å². The molecule has 212 valence electrons. The van der Waals surface area contributed by atoms with Gasteiger partial charge in [-0.1, -0.05) is 48.3 Å². The van der Waals surface area contributed by atoms with Crippen LogP contribution in [-0.4, -0.2) is 24.2 Å². The van der Waals surface area contributed by atoms with Gasteiger partial charge in [0.2, 0.25) is 10.0 Å². The lowest BCUT2D eigenvalue weighted by atomic mass is 10.0. The van der Waals surface area contributed by atoms with Gasteiger partial charge in [-0.25, -0.2) is 13.1 Å². The summed E-state index contributed by atoms with van der Waals surface area (Å²) in [6.07, 6.45) is 0. The molecule has 0 atom stereocenters. The molecule has 11 heteroatoms. The topological polar surface area (TPSA) is 98.5 Å². The molecule has 40 heavy (non-hydrogen) atoms. The highest BCUT2D eigenvalue weighted by atomic mass is 35.5. The molecular formula is C29H30Cl2N2O5S2. The zero-order chi connectivity index (χ0) is 29.4. The summed E-state index contributed by atoms with van der Waals surface area (Å²) in [5.74, 6) is 0.748. The number of sulfonamides is 1. The summed E-state index contributed by atoms with van der Waals surface area (Å²) in [6.45, 7) is 10.8. The van der Waals surface area contributed by atoms with Gasteiger partial charge in [0.25, 0.3) is 5.91 Å². The summed E-state index contributed by atoms with van der Waals surface area (Å²) >= 11 is 14.1. The van der Waals surface area contributed by atoms with E-state index < -0.39 is 20.7 Å². The summed E-state index contributed by atoms with van der Waals surface area (Å²) in [6, 6.07) is 14.4. The maximum Gasteiger partial charge on any atom is 0.274 e. The molecule has 0 aliphatic carbocycles. The number of aryl methyl sites for hydroxylation is 1. The molecule has 4 rings (SSSR count). The van der Waals surface area contributed by atoms with Crippen LogP contribution in [0.5, 0.6) is 5.75 Å². The Balaban J connectivity index is 1.55. The van der Waals surface area contributed by atoms with E-state index in [4.69, 9.17) is 32.5 Å². The summed E-state index contributed by atoms with van der Waals surface area (Å²) < 4.78 is 37.7. The van der Waals surface area contributed by atoms with Gasteiger partial charge in [0.1, 0.15) is 23.8 Å². The number of hydrogen-bond acceptors (Lipinski definition) is 7. The quantitative estimate of drug-likeness (QED) is 0.213. The van der Waals surface area contributed by atoms with Crippen molar-refractivity contribution in [3.8, 4) is 27.4 Å². The molecule has 7 nitrogen and oxygen atoms in total. The van der Waals surface area contributed by atoms with Crippen molar-refractivity contribution in [2.75, 3.05) is 0 Å². The van der Waals surface area contributed by atoms with Crippen molar-refractivity contribution in [3.05, 3.63) is 80.3 Å². The Labute approximate surface area is 248 Å². The molecule has 0 bridgehead atoms. The number of amides is 1. The maximum atomic E-state index is 12.6. The van der Waals surface area contributed by atoms with Gasteiger partial charge in [0.05, 0.1) is 25.2 Å². The minimum Gasteiger partial charge on any atom is -0.489 e. The number of carbonyl (C=O) groups is 1. The predicted octanol–water partition coefficient (Wildman–Crippen LogP) is 8.25. The van der Waals surface area contributed by atoms with Crippen molar-refractivity contribution in [3.63, 3.8) is 0 Å². The van der Waals surface area contributed by atoms with Crippen molar-refractivity contribution in [2.45, 2.75) is 58.8 Å². The smallest absolute Gasteiger partial charge is 0.274 e. The highest BCUT2D eigenvalue weighted by Crippen LogP contribution is 2.39. The van der Waals surface area contributed by atoms with Gasteiger partial charge in [-0.15, -0.1) is 11.3 Å². The number of ether oxygens (including phenoxy) is 1. The first-order valence-electron chi connectivity index (χ1n) is 12.5. The van der Waals surface area contributed by atoms with E-state index in [1.165, 1.54) is 32.1 Å². The van der Waals surface area contributed by atoms with Crippen molar-refractivity contribution in [2.24, 2.45) is 0 Å². The summed E-state index contributed by atoms with van der Waals surface area (Å²) in [4.78, 5) is 13.7. The number of nitrogens with zero attached hydrogens (tertiary/aromatic N) is 1. The Bertz CT molecular complexity index is 1650. The van der Waals surface area contributed by atoms with E-state index in [0.29, 0.717) is 37.7 Å². The highest BCUT2D eigenvalue weighted by molar-refractivity contribution is 7.91. The third-order valence-corrected chi connectivity index (χ3v) is 10.1. The molecule has 2 aromatic carbocycles. The number of aromatic nitrogens is 1. The zero-order valence-corrected chi connectivity index (χ0v) is 26.1. The molecule has 1 N–H and O–H groups in total. The predicted molar refractivity (Wildman–Crippen MR) is 161 cm³/mol. The van der Waals surface area contributed by atoms with E-state index in [0.717, 1.165) is 21.6 Å². The van der Waals surface area contributed by atoms with E-state index in [-0.39, 0.29) is 12.5 Å². The number of carbonyl (C=O) groups excluding carboxylic acids is 1. The monoisotopic (exact) mass is 620 g/mol. The van der Waals surface area contributed by atoms with Gasteiger partial charge < -0.3 is 9.26 Å². The first kappa shape index (κ1) is 30.1. The molecule has 0 radical (unpaired) electrons. The number of hydrogen-bond donors (Lipinski definition) is 1. The molecule has 1 amide bonds. The van der Waals surface area contributed by atoms with E-state index in [9.17, 15) is 13.2 Å². The van der Waals surface area contributed by atoms with Gasteiger partial charge in [-0.05, 0) is 81.3 Å². The normalized spacial score (nSPS) is 12.1. The second-order valence-corrected chi connectivity index (χ2v) is 14.9. The van der Waals surface area contributed by atoms with E-state index in [1.54, 1.807) is 30.3 Å². The number of nitrogens with one attached hydrogen (secondary N) is 1. The van der Waals surface area contributed by atoms with Crippen molar-refractivity contribution in [1.29, 1.82) is 0 Å². The molecule has 0 saturated carbocycles. The molecule has 0 spiro atoms. The average molecular weight is 622 g/mol. The fourth-order valence-electron chi connectivity index (χ4n) is 3.92. The Morgan fingerprint density at radius 1 is 1.10 bits per heavy atom. The molecule has 0 fully saturated rings. The molecule has 0 aliphatic rings. The minimum absolute atomic E-state index is 0.0637. The molecule has 0 saturated heterocycles. The zero-order valence-electron chi connectivity index (χ0n) is 23.0. The second kappa shape index (κ2) is 11.6. The van der Waals surface area contributed by atoms with Crippen LogP contribution < -0.4 is 9.46 Å². The molecule has 0 aliphatic heterocycles. The van der Waals surface area contributed by atoms with Crippen molar-refractivity contribution < 1.29 is 22.5 Å². The molecule has 4 aromatic rings. The SMILES string of the molecule is Cc1cc(OCc2c(-c3c(Cl)cccc3Cl)noc2C(C)C)ccc1-c1ccc(C(=O)NS(=O)(=O)C(C)(C)C)s1. The number of halogens is 2. The van der Waals surface area contributed by atoms with Gasteiger partial charge in [0, 0.05) is 16.4 Å². The van der Waals surface area contributed by atoms with E-state index in [2.05, 4.69) is 9.88 Å². The number of benzene rings is 2. The number of rotatable bonds is 8. The molecular weight excluding hydrogens is 591 g/mol. The van der Waals surface area contributed by atoms with Crippen LogP contribution in [0, 0.1) is 6.92 Å². The lowest BCUT2D eigenvalue weighted by Crippen LogP contribution is -2.42. The molecule has 2 heterocycles. The Kier molecular flexibility index (Phi) is 8.71. The minimum atomic E-state index is -3.81. The Hall–Kier alpha value is -2.85. The van der Waals surface area contributed by atoms with Crippen LogP contribution in [0.25, 0.3) is 21.7 Å². The fraction of sp³-hybridized carbons (Fsp3) is 0.310. The number of thiophene rings is 1. The summed E-state index contributed by atoms with van der Waals surface area (Å²) in [5.41, 5.74) is 3.75. The van der Waals surface area contributed by atoms with Crippen molar-refractivity contribution >= 4 is 50.5 Å². The second-order valence-electron chi connectivity index (χ2n) is 10.6. The Morgan fingerprint density at radius 2 is 1.77 bits per heavy atom. The van der Waals surface area contributed by atoms with Crippen LogP contribution in [0.4, 0.5) is 0 Å². The first-order chi connectivity index (χ1) is 18.7. The first-order valence-corrected chi connectivity index (χ1v) is 15.6. The maximum absolute atomic E-state index is 12.6. The van der Waals surface area contributed by atoms with Crippen LogP contribution in [0.1, 0.15) is 67.1 Å². The summed E-state index contributed by atoms with van der Waals surface area (Å²) in [5, 5.41) is 5.21. The third kappa shape index (κ3) is 6.22. The lowest BCUT2D eigenvalue weighted by Gasteiger charge is -2.19. The van der Waals surface area contributed by atoms with Gasteiger partial charge >= 0.3 is 0 Å². The van der Waals surface area contributed by atoms with Gasteiger partial charge in [-0.3, -0.25) is 4.79 Å².